The van der Waals surface area contributed by atoms with Crippen LogP contribution in [0.25, 0.3) is 5.57 Å². The minimum Gasteiger partial charge on any atom is -0.207 e. The molecule has 1 heteroatoms. The van der Waals surface area contributed by atoms with E-state index >= 15 is 0 Å². The van der Waals surface area contributed by atoms with Crippen LogP contribution in [0.5, 0.6) is 0 Å². The first-order valence-corrected chi connectivity index (χ1v) is 3.98. The summed E-state index contributed by atoms with van der Waals surface area (Å²) in [6, 6.07) is 9.26. The zero-order valence-corrected chi connectivity index (χ0v) is 7.33. The third-order valence-corrected chi connectivity index (χ3v) is 1.66. The van der Waals surface area contributed by atoms with Crippen LogP contribution in [0.1, 0.15) is 5.56 Å². The molecule has 0 saturated carbocycles. The molecule has 0 N–H and O–H groups in total. The lowest BCUT2D eigenvalue weighted by molar-refractivity contribution is 0.678. The van der Waals surface area contributed by atoms with E-state index in [4.69, 9.17) is 0 Å². The summed E-state index contributed by atoms with van der Waals surface area (Å²) in [6.07, 6.45) is 3.16. The number of hydrogen-bond donors (Lipinski definition) is 0. The molecule has 1 aromatic rings. The van der Waals surface area contributed by atoms with Gasteiger partial charge in [0, 0.05) is 5.57 Å². The molecule has 1 rings (SSSR count). The van der Waals surface area contributed by atoms with Gasteiger partial charge in [0.05, 0.1) is 0 Å². The maximum absolute atomic E-state index is 12.9. The molecule has 0 aliphatic rings. The first-order chi connectivity index (χ1) is 6.25. The molecule has 0 aromatic heterocycles. The van der Waals surface area contributed by atoms with Crippen LogP contribution in [0.3, 0.4) is 0 Å². The van der Waals surface area contributed by atoms with Crippen LogP contribution >= 0.6 is 0 Å². The highest BCUT2D eigenvalue weighted by atomic mass is 19.1. The van der Waals surface area contributed by atoms with Crippen molar-refractivity contribution in [3.05, 3.63) is 67.0 Å². The van der Waals surface area contributed by atoms with Crippen molar-refractivity contribution in [3.8, 4) is 0 Å². The monoisotopic (exact) mass is 174 g/mol. The fraction of sp³-hybridized carbons (Fsp3) is 0. The number of allylic oxidation sites excluding steroid dienone is 4. The Balaban J connectivity index is 3.10. The predicted molar refractivity (Wildman–Crippen MR) is 54.9 cm³/mol. The van der Waals surface area contributed by atoms with Crippen molar-refractivity contribution in [2.24, 2.45) is 0 Å². The SMILES string of the molecule is C=C/C=C(\C(=C)F)c1ccccc1. The van der Waals surface area contributed by atoms with Crippen LogP contribution in [0.2, 0.25) is 0 Å². The van der Waals surface area contributed by atoms with Crippen molar-refractivity contribution in [1.82, 2.24) is 0 Å². The molecule has 0 unspecified atom stereocenters. The zero-order chi connectivity index (χ0) is 9.68. The van der Waals surface area contributed by atoms with E-state index in [2.05, 4.69) is 13.2 Å². The predicted octanol–water partition coefficient (Wildman–Crippen LogP) is 3.74. The van der Waals surface area contributed by atoms with Crippen LogP contribution in [0.15, 0.2) is 61.5 Å². The number of rotatable bonds is 3. The summed E-state index contributed by atoms with van der Waals surface area (Å²) >= 11 is 0. The van der Waals surface area contributed by atoms with Gasteiger partial charge >= 0.3 is 0 Å². The van der Waals surface area contributed by atoms with Gasteiger partial charge < -0.3 is 0 Å². The third-order valence-electron chi connectivity index (χ3n) is 1.66. The molecule has 0 amide bonds. The summed E-state index contributed by atoms with van der Waals surface area (Å²) in [5.74, 6) is -0.439. The molecule has 0 saturated heterocycles. The largest absolute Gasteiger partial charge is 0.207 e. The molecular formula is C12H11F. The molecule has 1 aromatic carbocycles. The van der Waals surface area contributed by atoms with Gasteiger partial charge in [-0.05, 0) is 5.56 Å². The highest BCUT2D eigenvalue weighted by Gasteiger charge is 2.02. The van der Waals surface area contributed by atoms with Crippen LogP contribution in [0.4, 0.5) is 4.39 Å². The van der Waals surface area contributed by atoms with Gasteiger partial charge in [0.1, 0.15) is 5.83 Å². The smallest absolute Gasteiger partial charge is 0.123 e. The lowest BCUT2D eigenvalue weighted by Gasteiger charge is -2.02. The fourth-order valence-electron chi connectivity index (χ4n) is 1.08. The standard InChI is InChI=1S/C12H11F/c1-3-7-12(10(2)13)11-8-5-4-6-9-11/h3-9H,1-2H2/b12-7+. The summed E-state index contributed by atoms with van der Waals surface area (Å²) in [5, 5.41) is 0. The number of hydrogen-bond acceptors (Lipinski definition) is 0. The Labute approximate surface area is 77.7 Å². The molecular weight excluding hydrogens is 163 g/mol. The van der Waals surface area contributed by atoms with Crippen molar-refractivity contribution in [1.29, 1.82) is 0 Å². The lowest BCUT2D eigenvalue weighted by atomic mass is 10.1. The van der Waals surface area contributed by atoms with E-state index in [-0.39, 0.29) is 0 Å². The quantitative estimate of drug-likeness (QED) is 0.612. The summed E-state index contributed by atoms with van der Waals surface area (Å²) in [5.41, 5.74) is 1.30. The normalized spacial score (nSPS) is 11.0. The van der Waals surface area contributed by atoms with E-state index in [1.165, 1.54) is 0 Å². The molecule has 0 bridgehead atoms. The van der Waals surface area contributed by atoms with E-state index in [0.29, 0.717) is 5.57 Å². The second-order valence-electron chi connectivity index (χ2n) is 2.59. The highest BCUT2D eigenvalue weighted by molar-refractivity contribution is 5.77. The van der Waals surface area contributed by atoms with Crippen molar-refractivity contribution in [3.63, 3.8) is 0 Å². The molecule has 0 heterocycles. The summed E-state index contributed by atoms with van der Waals surface area (Å²) < 4.78 is 12.9. The van der Waals surface area contributed by atoms with Gasteiger partial charge in [0.2, 0.25) is 0 Å². The van der Waals surface area contributed by atoms with Crippen molar-refractivity contribution in [2.45, 2.75) is 0 Å². The van der Waals surface area contributed by atoms with Crippen LogP contribution in [0, 0.1) is 0 Å². The zero-order valence-electron chi connectivity index (χ0n) is 7.33. The average molecular weight is 174 g/mol. The fourth-order valence-corrected chi connectivity index (χ4v) is 1.08. The molecule has 66 valence electrons. The summed E-state index contributed by atoms with van der Waals surface area (Å²) in [6.45, 7) is 6.79. The maximum atomic E-state index is 12.9. The lowest BCUT2D eigenvalue weighted by Crippen LogP contribution is -1.82. The average Bonchev–Trinajstić information content (AvgIpc) is 2.15. The molecule has 0 aliphatic heterocycles. The Morgan fingerprint density at radius 2 is 1.85 bits per heavy atom. The summed E-state index contributed by atoms with van der Waals surface area (Å²) in [7, 11) is 0. The van der Waals surface area contributed by atoms with Gasteiger partial charge in [-0.3, -0.25) is 0 Å². The van der Waals surface area contributed by atoms with E-state index in [1.54, 1.807) is 12.2 Å². The second-order valence-corrected chi connectivity index (χ2v) is 2.59. The topological polar surface area (TPSA) is 0 Å². The molecule has 0 nitrogen and oxygen atoms in total. The minimum absolute atomic E-state index is 0.439. The van der Waals surface area contributed by atoms with E-state index < -0.39 is 5.83 Å². The van der Waals surface area contributed by atoms with Crippen molar-refractivity contribution >= 4 is 5.57 Å². The van der Waals surface area contributed by atoms with Gasteiger partial charge in [0.15, 0.2) is 0 Å². The van der Waals surface area contributed by atoms with Crippen LogP contribution < -0.4 is 0 Å². The van der Waals surface area contributed by atoms with Crippen LogP contribution in [-0.4, -0.2) is 0 Å². The minimum atomic E-state index is -0.439. The second kappa shape index (κ2) is 4.41. The Morgan fingerprint density at radius 1 is 1.23 bits per heavy atom. The molecule has 13 heavy (non-hydrogen) atoms. The van der Waals surface area contributed by atoms with E-state index in [0.717, 1.165) is 5.56 Å². The molecule has 0 aliphatic carbocycles. The van der Waals surface area contributed by atoms with Gasteiger partial charge in [-0.2, -0.15) is 0 Å². The van der Waals surface area contributed by atoms with Gasteiger partial charge in [-0.1, -0.05) is 55.6 Å². The maximum Gasteiger partial charge on any atom is 0.123 e. The van der Waals surface area contributed by atoms with Gasteiger partial charge in [0.25, 0.3) is 0 Å². The Kier molecular flexibility index (Phi) is 3.21. The summed E-state index contributed by atoms with van der Waals surface area (Å²) in [4.78, 5) is 0. The Bertz CT molecular complexity index is 333. The molecule has 0 fully saturated rings. The first-order valence-electron chi connectivity index (χ1n) is 3.98. The number of halogens is 1. The molecule has 0 atom stereocenters. The Hall–Kier alpha value is -1.63. The van der Waals surface area contributed by atoms with Gasteiger partial charge in [-0.25, -0.2) is 4.39 Å². The highest BCUT2D eigenvalue weighted by Crippen LogP contribution is 2.22. The van der Waals surface area contributed by atoms with E-state index in [1.807, 2.05) is 30.3 Å². The third kappa shape index (κ3) is 2.41. The molecule has 0 spiro atoms. The van der Waals surface area contributed by atoms with Crippen LogP contribution in [-0.2, 0) is 0 Å². The first kappa shape index (κ1) is 9.46. The van der Waals surface area contributed by atoms with E-state index in [9.17, 15) is 4.39 Å². The Morgan fingerprint density at radius 3 is 2.31 bits per heavy atom. The van der Waals surface area contributed by atoms with Crippen molar-refractivity contribution < 1.29 is 4.39 Å². The van der Waals surface area contributed by atoms with Gasteiger partial charge in [-0.15, -0.1) is 0 Å². The molecule has 0 radical (unpaired) electrons. The number of benzene rings is 1. The van der Waals surface area contributed by atoms with Crippen molar-refractivity contribution in [2.75, 3.05) is 0 Å².